The average molecular weight is 652 g/mol. The van der Waals surface area contributed by atoms with Crippen LogP contribution >= 0.6 is 11.3 Å². The number of carbonyl (C=O) groups is 1. The average Bonchev–Trinajstić information content (AvgIpc) is 3.56. The second kappa shape index (κ2) is 11.1. The van der Waals surface area contributed by atoms with Crippen molar-refractivity contribution in [3.63, 3.8) is 0 Å². The van der Waals surface area contributed by atoms with Gasteiger partial charge in [-0.15, -0.1) is 11.3 Å². The van der Waals surface area contributed by atoms with Crippen molar-refractivity contribution in [2.75, 3.05) is 18.4 Å². The highest BCUT2D eigenvalue weighted by atomic mass is 32.1. The minimum Gasteiger partial charge on any atom is -0.508 e. The van der Waals surface area contributed by atoms with Gasteiger partial charge in [0, 0.05) is 66.1 Å². The van der Waals surface area contributed by atoms with E-state index in [-0.39, 0.29) is 33.5 Å². The summed E-state index contributed by atoms with van der Waals surface area (Å²) in [5, 5.41) is 29.2. The number of benzene rings is 1. The first-order chi connectivity index (χ1) is 21.9. The van der Waals surface area contributed by atoms with Crippen molar-refractivity contribution in [1.82, 2.24) is 24.8 Å². The van der Waals surface area contributed by atoms with E-state index in [9.17, 15) is 28.3 Å². The highest BCUT2D eigenvalue weighted by Crippen LogP contribution is 2.72. The maximum Gasteiger partial charge on any atom is 0.393 e. The van der Waals surface area contributed by atoms with Crippen molar-refractivity contribution in [2.45, 2.75) is 83.2 Å². The molecular weight excluding hydrogens is 615 g/mol. The predicted octanol–water partition coefficient (Wildman–Crippen LogP) is 6.10. The highest BCUT2D eigenvalue weighted by Gasteiger charge is 2.74. The predicted molar refractivity (Wildman–Crippen MR) is 169 cm³/mol. The number of likely N-dealkylation sites (tertiary alicyclic amines) is 1. The number of nitriles is 1. The molecule has 46 heavy (non-hydrogen) atoms. The lowest BCUT2D eigenvalue weighted by Gasteiger charge is -2.76. The molecule has 3 aromatic heterocycles. The van der Waals surface area contributed by atoms with Crippen molar-refractivity contribution in [1.29, 1.82) is 5.26 Å². The number of nitrogens with one attached hydrogen (secondary N) is 2. The zero-order valence-corrected chi connectivity index (χ0v) is 26.6. The fourth-order valence-electron chi connectivity index (χ4n) is 7.98. The number of phenols is 1. The Morgan fingerprint density at radius 2 is 1.96 bits per heavy atom. The van der Waals surface area contributed by atoms with Crippen molar-refractivity contribution >= 4 is 44.2 Å². The molecule has 1 aliphatic heterocycles. The molecule has 8 rings (SSSR count). The molecule has 13 heteroatoms. The smallest absolute Gasteiger partial charge is 0.393 e. The van der Waals surface area contributed by atoms with Gasteiger partial charge in [0.15, 0.2) is 0 Å². The molecule has 0 radical (unpaired) electrons. The van der Waals surface area contributed by atoms with Crippen LogP contribution in [0.2, 0.25) is 0 Å². The van der Waals surface area contributed by atoms with Gasteiger partial charge in [0.1, 0.15) is 34.5 Å². The lowest BCUT2D eigenvalue weighted by atomic mass is 9.33. The lowest BCUT2D eigenvalue weighted by Crippen LogP contribution is -2.81. The SMILES string of the molecule is CCC(=O)NC12CC(Cn3c(C#N)cc4cc(CN5CCC(Nc6ncnc7sc(CC(F)(F)F)cc67)CC5)c(O)cc43)(C1)[C@@H]2C. The number of carbonyl (C=O) groups excluding carboxylic acids is 1. The number of thiophene rings is 1. The van der Waals surface area contributed by atoms with Crippen LogP contribution in [0.4, 0.5) is 19.0 Å². The summed E-state index contributed by atoms with van der Waals surface area (Å²) >= 11 is 1.04. The Bertz CT molecular complexity index is 1860. The van der Waals surface area contributed by atoms with Crippen LogP contribution in [-0.4, -0.2) is 61.3 Å². The second-order valence-electron chi connectivity index (χ2n) is 13.4. The normalized spacial score (nSPS) is 24.8. The number of phenolic OH excluding ortho intramolecular Hbond substituents is 1. The Morgan fingerprint density at radius 1 is 1.20 bits per heavy atom. The fraction of sp³-hybridized carbons (Fsp3) is 0.515. The van der Waals surface area contributed by atoms with Gasteiger partial charge in [0.25, 0.3) is 0 Å². The van der Waals surface area contributed by atoms with E-state index in [1.54, 1.807) is 6.07 Å². The van der Waals surface area contributed by atoms with Gasteiger partial charge in [-0.3, -0.25) is 9.69 Å². The molecule has 4 heterocycles. The zero-order chi connectivity index (χ0) is 32.4. The van der Waals surface area contributed by atoms with Crippen molar-refractivity contribution in [3.05, 3.63) is 46.7 Å². The van der Waals surface area contributed by atoms with Gasteiger partial charge in [-0.05, 0) is 55.2 Å². The molecule has 2 bridgehead atoms. The lowest BCUT2D eigenvalue weighted by molar-refractivity contribution is -0.228. The van der Waals surface area contributed by atoms with Crippen LogP contribution in [-0.2, 0) is 24.3 Å². The molecular formula is C33H36F3N7O2S. The van der Waals surface area contributed by atoms with Crippen LogP contribution in [0.1, 0.15) is 62.1 Å². The molecule has 1 amide bonds. The summed E-state index contributed by atoms with van der Waals surface area (Å²) in [5.41, 5.74) is 2.13. The summed E-state index contributed by atoms with van der Waals surface area (Å²) in [7, 11) is 0. The number of nitrogens with zero attached hydrogens (tertiary/aromatic N) is 5. The molecule has 4 aromatic rings. The van der Waals surface area contributed by atoms with Gasteiger partial charge in [-0.25, -0.2) is 9.97 Å². The number of amides is 1. The van der Waals surface area contributed by atoms with E-state index in [2.05, 4.69) is 38.5 Å². The Labute approximate surface area is 268 Å². The molecule has 3 N–H and O–H groups in total. The molecule has 4 aliphatic rings. The van der Waals surface area contributed by atoms with Crippen LogP contribution in [0.15, 0.2) is 30.6 Å². The Kier molecular flexibility index (Phi) is 7.44. The first-order valence-electron chi connectivity index (χ1n) is 15.8. The summed E-state index contributed by atoms with van der Waals surface area (Å²) in [6.07, 6.45) is 0.0281. The van der Waals surface area contributed by atoms with Crippen molar-refractivity contribution < 1.29 is 23.1 Å². The van der Waals surface area contributed by atoms with Gasteiger partial charge in [0.05, 0.1) is 17.3 Å². The Balaban J connectivity index is 0.998. The molecule has 4 fully saturated rings. The molecule has 3 saturated carbocycles. The number of aromatic nitrogens is 3. The van der Waals surface area contributed by atoms with Crippen LogP contribution in [0.3, 0.4) is 0 Å². The van der Waals surface area contributed by atoms with Gasteiger partial charge in [-0.2, -0.15) is 18.4 Å². The van der Waals surface area contributed by atoms with Crippen LogP contribution < -0.4 is 10.6 Å². The maximum absolute atomic E-state index is 12.9. The summed E-state index contributed by atoms with van der Waals surface area (Å²) in [5.74, 6) is 1.16. The van der Waals surface area contributed by atoms with E-state index in [0.29, 0.717) is 47.2 Å². The molecule has 0 spiro atoms. The van der Waals surface area contributed by atoms with Crippen LogP contribution in [0.5, 0.6) is 5.75 Å². The number of piperidine rings is 1. The quantitative estimate of drug-likeness (QED) is 0.200. The van der Waals surface area contributed by atoms with E-state index in [0.717, 1.165) is 66.6 Å². The standard InChI is InChI=1S/C33H36F3N7O2S/c1-3-28(45)41-32-15-31(16-32,19(32)2)17-43-23(13-37)9-20-8-21(27(44)11-26(20)43)14-42-6-4-22(5-7-42)40-29-25-10-24(12-33(34,35)36)46-30(25)39-18-38-29/h8-11,18-19,22,44H,3-7,12,14-17H2,1-2H3,(H,41,45)(H,38,39,40)/t19-,31?,32?/m0/s1. The second-order valence-corrected chi connectivity index (χ2v) is 14.5. The van der Waals surface area contributed by atoms with E-state index < -0.39 is 12.6 Å². The minimum atomic E-state index is -4.27. The van der Waals surface area contributed by atoms with Crippen molar-refractivity contribution in [2.24, 2.45) is 11.3 Å². The van der Waals surface area contributed by atoms with Crippen LogP contribution in [0.25, 0.3) is 21.1 Å². The number of aromatic hydroxyl groups is 1. The number of hydrogen-bond donors (Lipinski definition) is 3. The molecule has 9 nitrogen and oxygen atoms in total. The van der Waals surface area contributed by atoms with Gasteiger partial charge in [-0.1, -0.05) is 13.8 Å². The zero-order valence-electron chi connectivity index (χ0n) is 25.7. The molecule has 0 unspecified atom stereocenters. The molecule has 1 atom stereocenters. The number of fused-ring (bicyclic) bond motifs is 2. The third kappa shape index (κ3) is 5.35. The third-order valence-electron chi connectivity index (χ3n) is 10.6. The summed E-state index contributed by atoms with van der Waals surface area (Å²) in [6.45, 7) is 6.82. The first-order valence-corrected chi connectivity index (χ1v) is 16.6. The summed E-state index contributed by atoms with van der Waals surface area (Å²) in [6, 6.07) is 9.64. The molecule has 1 saturated heterocycles. The summed E-state index contributed by atoms with van der Waals surface area (Å²) in [4.78, 5) is 23.6. The highest BCUT2D eigenvalue weighted by molar-refractivity contribution is 7.18. The number of rotatable bonds is 9. The molecule has 1 aromatic carbocycles. The first kappa shape index (κ1) is 30.7. The van der Waals surface area contributed by atoms with E-state index in [4.69, 9.17) is 0 Å². The fourth-order valence-corrected chi connectivity index (χ4v) is 9.00. The number of hydrogen-bond acceptors (Lipinski definition) is 8. The maximum atomic E-state index is 12.9. The monoisotopic (exact) mass is 651 g/mol. The van der Waals surface area contributed by atoms with Gasteiger partial charge < -0.3 is 20.3 Å². The minimum absolute atomic E-state index is 0.0393. The van der Waals surface area contributed by atoms with Crippen LogP contribution in [0, 0.1) is 22.7 Å². The summed E-state index contributed by atoms with van der Waals surface area (Å²) < 4.78 is 40.8. The van der Waals surface area contributed by atoms with E-state index >= 15 is 0 Å². The Hall–Kier alpha value is -3.89. The number of alkyl halides is 3. The molecule has 242 valence electrons. The van der Waals surface area contributed by atoms with Gasteiger partial charge in [0.2, 0.25) is 5.91 Å². The largest absolute Gasteiger partial charge is 0.508 e. The Morgan fingerprint density at radius 3 is 2.63 bits per heavy atom. The van der Waals surface area contributed by atoms with E-state index in [1.807, 2.05) is 23.6 Å². The van der Waals surface area contributed by atoms with Gasteiger partial charge >= 0.3 is 6.18 Å². The topological polar surface area (TPSA) is 119 Å². The number of anilines is 1. The third-order valence-corrected chi connectivity index (χ3v) is 11.6. The molecule has 3 aliphatic carbocycles. The number of halogens is 3. The van der Waals surface area contributed by atoms with E-state index in [1.165, 1.54) is 12.4 Å². The van der Waals surface area contributed by atoms with Crippen molar-refractivity contribution in [3.8, 4) is 11.8 Å².